The van der Waals surface area contributed by atoms with Crippen LogP contribution in [0.4, 0.5) is 17.2 Å². The van der Waals surface area contributed by atoms with Crippen LogP contribution in [0, 0.1) is 20.2 Å². The summed E-state index contributed by atoms with van der Waals surface area (Å²) in [5, 5.41) is 25.4. The van der Waals surface area contributed by atoms with Gasteiger partial charge in [-0.15, -0.1) is 0 Å². The van der Waals surface area contributed by atoms with Crippen LogP contribution in [0.1, 0.15) is 0 Å². The van der Waals surface area contributed by atoms with Crippen molar-refractivity contribution < 1.29 is 9.85 Å². The molecule has 0 amide bonds. The van der Waals surface area contributed by atoms with Crippen LogP contribution in [0.15, 0.2) is 35.5 Å². The number of aromatic amines is 1. The van der Waals surface area contributed by atoms with E-state index in [0.717, 1.165) is 0 Å². The molecule has 0 unspecified atom stereocenters. The smallest absolute Gasteiger partial charge is 0.311 e. The van der Waals surface area contributed by atoms with Gasteiger partial charge < -0.3 is 10.3 Å². The highest BCUT2D eigenvalue weighted by Gasteiger charge is 2.15. The van der Waals surface area contributed by atoms with Crippen molar-refractivity contribution >= 4 is 51.6 Å². The second-order valence-corrected chi connectivity index (χ2v) is 6.51. The maximum absolute atomic E-state index is 11.0. The van der Waals surface area contributed by atoms with Crippen LogP contribution in [-0.4, -0.2) is 37.1 Å². The van der Waals surface area contributed by atoms with Gasteiger partial charge in [-0.2, -0.15) is 0 Å². The molecule has 0 aliphatic rings. The van der Waals surface area contributed by atoms with E-state index < -0.39 is 9.85 Å². The van der Waals surface area contributed by atoms with Crippen molar-refractivity contribution in [2.75, 3.05) is 17.6 Å². The SMILES string of the molecule is O=[N+]([O-])c1ccc2nc(SCCNc3nc(Cl)ccc3[N+](=O)[O-])[nH]c2c1. The largest absolute Gasteiger partial charge is 0.363 e. The van der Waals surface area contributed by atoms with Gasteiger partial charge in [0, 0.05) is 30.5 Å². The standard InChI is InChI=1S/C14H11ClN6O4S/c15-12-4-3-11(21(24)25)13(19-12)16-5-6-26-14-17-9-2-1-8(20(22)23)7-10(9)18-14/h1-4,7H,5-6H2,(H,16,19)(H,17,18). The van der Waals surface area contributed by atoms with Crippen LogP contribution < -0.4 is 5.32 Å². The molecule has 0 radical (unpaired) electrons. The number of aromatic nitrogens is 3. The van der Waals surface area contributed by atoms with Gasteiger partial charge in [-0.1, -0.05) is 23.4 Å². The molecule has 0 aliphatic carbocycles. The Morgan fingerprint density at radius 1 is 1.15 bits per heavy atom. The highest BCUT2D eigenvalue weighted by Crippen LogP contribution is 2.25. The Bertz CT molecular complexity index is 995. The third-order valence-electron chi connectivity index (χ3n) is 3.32. The fourth-order valence-electron chi connectivity index (χ4n) is 2.18. The number of hydrogen-bond acceptors (Lipinski definition) is 8. The zero-order valence-corrected chi connectivity index (χ0v) is 14.6. The molecular weight excluding hydrogens is 384 g/mol. The summed E-state index contributed by atoms with van der Waals surface area (Å²) in [4.78, 5) is 32.0. The van der Waals surface area contributed by atoms with Crippen LogP contribution in [-0.2, 0) is 0 Å². The van der Waals surface area contributed by atoms with E-state index in [2.05, 4.69) is 20.3 Å². The lowest BCUT2D eigenvalue weighted by Gasteiger charge is -2.05. The van der Waals surface area contributed by atoms with Crippen LogP contribution in [0.5, 0.6) is 0 Å². The molecule has 3 aromatic rings. The molecule has 0 fully saturated rings. The van der Waals surface area contributed by atoms with Crippen molar-refractivity contribution in [2.45, 2.75) is 5.16 Å². The molecule has 0 aliphatic heterocycles. The van der Waals surface area contributed by atoms with E-state index in [1.54, 1.807) is 6.07 Å². The van der Waals surface area contributed by atoms with Crippen molar-refractivity contribution in [3.8, 4) is 0 Å². The average molecular weight is 395 g/mol. The molecule has 0 spiro atoms. The highest BCUT2D eigenvalue weighted by molar-refractivity contribution is 7.99. The molecule has 0 atom stereocenters. The summed E-state index contributed by atoms with van der Waals surface area (Å²) in [6.07, 6.45) is 0. The third-order valence-corrected chi connectivity index (χ3v) is 4.41. The van der Waals surface area contributed by atoms with Crippen LogP contribution in [0.3, 0.4) is 0 Å². The molecule has 2 N–H and O–H groups in total. The van der Waals surface area contributed by atoms with Gasteiger partial charge in [-0.05, 0) is 12.1 Å². The van der Waals surface area contributed by atoms with Gasteiger partial charge in [0.1, 0.15) is 5.15 Å². The topological polar surface area (TPSA) is 140 Å². The molecule has 2 aromatic heterocycles. The number of nitrogens with zero attached hydrogens (tertiary/aromatic N) is 4. The number of nitro benzene ring substituents is 1. The number of hydrogen-bond donors (Lipinski definition) is 2. The van der Waals surface area contributed by atoms with Crippen molar-refractivity contribution in [3.63, 3.8) is 0 Å². The second kappa shape index (κ2) is 7.54. The Balaban J connectivity index is 1.62. The van der Waals surface area contributed by atoms with Crippen LogP contribution >= 0.6 is 23.4 Å². The highest BCUT2D eigenvalue weighted by atomic mass is 35.5. The predicted octanol–water partition coefficient (Wildman–Crippen LogP) is 3.63. The van der Waals surface area contributed by atoms with Gasteiger partial charge in [0.2, 0.25) is 5.82 Å². The van der Waals surface area contributed by atoms with Crippen LogP contribution in [0.2, 0.25) is 5.15 Å². The molecule has 0 bridgehead atoms. The minimum Gasteiger partial charge on any atom is -0.363 e. The first-order valence-electron chi connectivity index (χ1n) is 7.26. The summed E-state index contributed by atoms with van der Waals surface area (Å²) in [6.45, 7) is 0.385. The van der Waals surface area contributed by atoms with E-state index in [-0.39, 0.29) is 22.3 Å². The zero-order chi connectivity index (χ0) is 18.7. The summed E-state index contributed by atoms with van der Waals surface area (Å²) in [6, 6.07) is 7.03. The van der Waals surface area contributed by atoms with Gasteiger partial charge in [0.25, 0.3) is 5.69 Å². The number of fused-ring (bicyclic) bond motifs is 1. The van der Waals surface area contributed by atoms with Crippen molar-refractivity contribution in [3.05, 3.63) is 55.7 Å². The van der Waals surface area contributed by atoms with E-state index in [9.17, 15) is 20.2 Å². The number of halogens is 1. The lowest BCUT2D eigenvalue weighted by Crippen LogP contribution is -2.08. The van der Waals surface area contributed by atoms with Crippen molar-refractivity contribution in [2.24, 2.45) is 0 Å². The molecule has 1 aromatic carbocycles. The Labute approximate surface area is 155 Å². The van der Waals surface area contributed by atoms with Crippen molar-refractivity contribution in [1.82, 2.24) is 15.0 Å². The van der Waals surface area contributed by atoms with Gasteiger partial charge in [0.15, 0.2) is 5.16 Å². The number of nitro groups is 2. The number of imidazole rings is 1. The zero-order valence-electron chi connectivity index (χ0n) is 13.0. The monoisotopic (exact) mass is 394 g/mol. The molecule has 10 nitrogen and oxygen atoms in total. The number of rotatable bonds is 7. The first-order chi connectivity index (χ1) is 12.4. The van der Waals surface area contributed by atoms with E-state index >= 15 is 0 Å². The summed E-state index contributed by atoms with van der Waals surface area (Å²) < 4.78 is 0. The Hall–Kier alpha value is -2.92. The lowest BCUT2D eigenvalue weighted by molar-refractivity contribution is -0.384. The summed E-state index contributed by atoms with van der Waals surface area (Å²) in [5.74, 6) is 0.635. The molecular formula is C14H11ClN6O4S. The molecule has 3 rings (SSSR count). The van der Waals surface area contributed by atoms with E-state index in [0.29, 0.717) is 28.5 Å². The van der Waals surface area contributed by atoms with Crippen molar-refractivity contribution in [1.29, 1.82) is 0 Å². The number of nitrogens with one attached hydrogen (secondary N) is 2. The Morgan fingerprint density at radius 3 is 2.69 bits per heavy atom. The van der Waals surface area contributed by atoms with Gasteiger partial charge in [-0.3, -0.25) is 20.2 Å². The number of non-ortho nitro benzene ring substituents is 1. The number of thioether (sulfide) groups is 1. The predicted molar refractivity (Wildman–Crippen MR) is 97.9 cm³/mol. The number of H-pyrrole nitrogens is 1. The summed E-state index contributed by atoms with van der Waals surface area (Å²) >= 11 is 7.14. The summed E-state index contributed by atoms with van der Waals surface area (Å²) in [5.41, 5.74) is 1.02. The van der Waals surface area contributed by atoms with Gasteiger partial charge in [-0.25, -0.2) is 9.97 Å². The first kappa shape index (κ1) is 17.9. The third kappa shape index (κ3) is 4.00. The lowest BCUT2D eigenvalue weighted by atomic mass is 10.3. The fourth-order valence-corrected chi connectivity index (χ4v) is 3.07. The Morgan fingerprint density at radius 2 is 1.96 bits per heavy atom. The second-order valence-electron chi connectivity index (χ2n) is 5.03. The maximum Gasteiger partial charge on any atom is 0.311 e. The molecule has 2 heterocycles. The van der Waals surface area contributed by atoms with Gasteiger partial charge in [0.05, 0.1) is 20.9 Å². The normalized spacial score (nSPS) is 10.8. The average Bonchev–Trinajstić information content (AvgIpc) is 3.00. The number of benzene rings is 1. The molecule has 12 heteroatoms. The molecule has 0 saturated carbocycles. The quantitative estimate of drug-likeness (QED) is 0.203. The first-order valence-corrected chi connectivity index (χ1v) is 8.62. The summed E-state index contributed by atoms with van der Waals surface area (Å²) in [7, 11) is 0. The minimum absolute atomic E-state index is 0.0151. The molecule has 0 saturated heterocycles. The van der Waals surface area contributed by atoms with Gasteiger partial charge >= 0.3 is 5.69 Å². The van der Waals surface area contributed by atoms with E-state index in [1.807, 2.05) is 0 Å². The number of anilines is 1. The fraction of sp³-hybridized carbons (Fsp3) is 0.143. The number of pyridine rings is 1. The maximum atomic E-state index is 11.0. The van der Waals surface area contributed by atoms with E-state index in [1.165, 1.54) is 36.0 Å². The molecule has 26 heavy (non-hydrogen) atoms. The van der Waals surface area contributed by atoms with E-state index in [4.69, 9.17) is 11.6 Å². The molecule has 134 valence electrons. The Kier molecular flexibility index (Phi) is 5.19. The minimum atomic E-state index is -0.537. The van der Waals surface area contributed by atoms with Crippen LogP contribution in [0.25, 0.3) is 11.0 Å².